The van der Waals surface area contributed by atoms with Gasteiger partial charge in [-0.1, -0.05) is 0 Å². The fourth-order valence-corrected chi connectivity index (χ4v) is 2.45. The molecule has 0 saturated carbocycles. The molecule has 0 bridgehead atoms. The Morgan fingerprint density at radius 1 is 1.12 bits per heavy atom. The largest absolute Gasteiger partial charge is 0.439 e. The van der Waals surface area contributed by atoms with Crippen LogP contribution < -0.4 is 4.74 Å². The van der Waals surface area contributed by atoms with E-state index in [0.29, 0.717) is 11.3 Å². The minimum absolute atomic E-state index is 0.0546. The molecule has 1 aromatic carbocycles. The third-order valence-electron chi connectivity index (χ3n) is 4.27. The summed E-state index contributed by atoms with van der Waals surface area (Å²) < 4.78 is 45.2. The van der Waals surface area contributed by atoms with Crippen molar-refractivity contribution in [3.05, 3.63) is 48.4 Å². The lowest BCUT2D eigenvalue weighted by atomic mass is 10.0. The van der Waals surface area contributed by atoms with Crippen molar-refractivity contribution in [1.29, 1.82) is 0 Å². The molecule has 0 aliphatic rings. The Hall–Kier alpha value is -2.61. The molecule has 0 amide bonds. The highest BCUT2D eigenvalue weighted by Crippen LogP contribution is 2.31. The molecule has 2 heterocycles. The Bertz CT molecular complexity index is 912. The monoisotopic (exact) mass is 365 g/mol. The van der Waals surface area contributed by atoms with E-state index in [0.717, 1.165) is 17.8 Å². The molecule has 0 fully saturated rings. The van der Waals surface area contributed by atoms with E-state index in [-0.39, 0.29) is 11.9 Å². The zero-order valence-corrected chi connectivity index (χ0v) is 14.4. The van der Waals surface area contributed by atoms with Gasteiger partial charge in [0.15, 0.2) is 0 Å². The molecule has 1 atom stereocenters. The Balaban J connectivity index is 1.89. The maximum absolute atomic E-state index is 12.6. The lowest BCUT2D eigenvalue weighted by Gasteiger charge is -2.27. The van der Waals surface area contributed by atoms with Crippen LogP contribution in [0.5, 0.6) is 11.6 Å². The molecule has 1 unspecified atom stereocenters. The molecule has 0 aliphatic carbocycles. The summed E-state index contributed by atoms with van der Waals surface area (Å²) in [4.78, 5) is 8.00. The summed E-state index contributed by atoms with van der Waals surface area (Å²) in [6.45, 7) is 5.28. The number of rotatable bonds is 4. The maximum Gasteiger partial charge on any atom is 0.417 e. The van der Waals surface area contributed by atoms with E-state index in [1.54, 1.807) is 38.4 Å². The Kier molecular flexibility index (Phi) is 4.39. The van der Waals surface area contributed by atoms with Crippen LogP contribution in [0.1, 0.15) is 32.4 Å². The Morgan fingerprint density at radius 2 is 1.85 bits per heavy atom. The van der Waals surface area contributed by atoms with Crippen molar-refractivity contribution >= 4 is 11.0 Å². The number of nitrogens with zero attached hydrogens (tertiary/aromatic N) is 3. The van der Waals surface area contributed by atoms with Gasteiger partial charge < -0.3 is 14.4 Å². The molecule has 2 aromatic heterocycles. The molecule has 0 radical (unpaired) electrons. The van der Waals surface area contributed by atoms with Crippen molar-refractivity contribution in [2.24, 2.45) is 0 Å². The van der Waals surface area contributed by atoms with E-state index in [4.69, 9.17) is 4.74 Å². The van der Waals surface area contributed by atoms with Gasteiger partial charge in [0, 0.05) is 18.3 Å². The first kappa shape index (κ1) is 18.2. The van der Waals surface area contributed by atoms with Crippen LogP contribution in [-0.2, 0) is 6.18 Å². The lowest BCUT2D eigenvalue weighted by molar-refractivity contribution is -0.137. The normalized spacial score (nSPS) is 13.8. The lowest BCUT2D eigenvalue weighted by Crippen LogP contribution is -2.30. The van der Waals surface area contributed by atoms with Crippen molar-refractivity contribution in [2.45, 2.75) is 38.6 Å². The van der Waals surface area contributed by atoms with Crippen LogP contribution in [0.3, 0.4) is 0 Å². The van der Waals surface area contributed by atoms with Crippen molar-refractivity contribution in [3.8, 4) is 11.6 Å². The van der Waals surface area contributed by atoms with Gasteiger partial charge >= 0.3 is 6.18 Å². The minimum Gasteiger partial charge on any atom is -0.439 e. The number of fused-ring (bicyclic) bond motifs is 1. The van der Waals surface area contributed by atoms with Crippen LogP contribution in [0.25, 0.3) is 11.0 Å². The van der Waals surface area contributed by atoms with Crippen molar-refractivity contribution < 1.29 is 23.0 Å². The number of hydrogen-bond acceptors (Lipinski definition) is 4. The van der Waals surface area contributed by atoms with Gasteiger partial charge in [0.25, 0.3) is 0 Å². The molecule has 3 aromatic rings. The summed E-state index contributed by atoms with van der Waals surface area (Å²) in [6.07, 6.45) is -2.08. The third-order valence-corrected chi connectivity index (χ3v) is 4.27. The van der Waals surface area contributed by atoms with E-state index in [1.165, 1.54) is 6.07 Å². The highest BCUT2D eigenvalue weighted by atomic mass is 19.4. The molecule has 0 spiro atoms. The maximum atomic E-state index is 12.6. The second kappa shape index (κ2) is 6.28. The van der Waals surface area contributed by atoms with Crippen LogP contribution in [0.15, 0.2) is 42.9 Å². The molecule has 1 N–H and O–H groups in total. The average Bonchev–Trinajstić information content (AvgIpc) is 2.96. The van der Waals surface area contributed by atoms with Gasteiger partial charge in [0.1, 0.15) is 5.75 Å². The molecule has 8 heteroatoms. The third kappa shape index (κ3) is 3.65. The van der Waals surface area contributed by atoms with E-state index in [1.807, 2.05) is 11.5 Å². The predicted octanol–water partition coefficient (Wildman–Crippen LogP) is 4.57. The molecule has 138 valence electrons. The smallest absolute Gasteiger partial charge is 0.417 e. The van der Waals surface area contributed by atoms with E-state index < -0.39 is 17.3 Å². The molecular weight excluding hydrogens is 347 g/mol. The highest BCUT2D eigenvalue weighted by Gasteiger charge is 2.30. The predicted molar refractivity (Wildman–Crippen MR) is 90.1 cm³/mol. The van der Waals surface area contributed by atoms with Crippen LogP contribution in [0.4, 0.5) is 13.2 Å². The molecule has 0 aliphatic heterocycles. The molecular formula is C18H18F3N3O2. The number of hydrogen-bond donors (Lipinski definition) is 1. The van der Waals surface area contributed by atoms with Crippen LogP contribution >= 0.6 is 0 Å². The van der Waals surface area contributed by atoms with Crippen LogP contribution in [0.2, 0.25) is 0 Å². The zero-order chi connectivity index (χ0) is 19.1. The number of pyridine rings is 1. The summed E-state index contributed by atoms with van der Waals surface area (Å²) in [5, 5.41) is 10.2. The van der Waals surface area contributed by atoms with Gasteiger partial charge in [0.05, 0.1) is 34.6 Å². The minimum atomic E-state index is -4.44. The number of imidazole rings is 1. The van der Waals surface area contributed by atoms with Crippen molar-refractivity contribution in [3.63, 3.8) is 0 Å². The number of alkyl halides is 3. The summed E-state index contributed by atoms with van der Waals surface area (Å²) in [5.74, 6) is 0.466. The molecule has 0 saturated heterocycles. The Morgan fingerprint density at radius 3 is 2.42 bits per heavy atom. The van der Waals surface area contributed by atoms with Crippen LogP contribution in [-0.4, -0.2) is 25.2 Å². The van der Waals surface area contributed by atoms with E-state index >= 15 is 0 Å². The number of aromatic nitrogens is 3. The fraction of sp³-hybridized carbons (Fsp3) is 0.333. The van der Waals surface area contributed by atoms with E-state index in [9.17, 15) is 18.3 Å². The number of ether oxygens (including phenoxy) is 1. The summed E-state index contributed by atoms with van der Waals surface area (Å²) >= 11 is 0. The Labute approximate surface area is 148 Å². The van der Waals surface area contributed by atoms with Gasteiger partial charge in [-0.25, -0.2) is 9.97 Å². The molecule has 3 rings (SSSR count). The standard InChI is InChI=1S/C18H18F3N3O2/c1-11(17(2,3)25)24-10-23-14-6-5-13(8-15(14)24)26-16-7-4-12(9-22-16)18(19,20)21/h4-11,25H,1-3H3. The highest BCUT2D eigenvalue weighted by molar-refractivity contribution is 5.77. The second-order valence-corrected chi connectivity index (χ2v) is 6.62. The van der Waals surface area contributed by atoms with Gasteiger partial charge in [0.2, 0.25) is 5.88 Å². The van der Waals surface area contributed by atoms with Crippen LogP contribution in [0, 0.1) is 0 Å². The first-order valence-electron chi connectivity index (χ1n) is 7.96. The second-order valence-electron chi connectivity index (χ2n) is 6.62. The van der Waals surface area contributed by atoms with Gasteiger partial charge in [-0.05, 0) is 39.0 Å². The zero-order valence-electron chi connectivity index (χ0n) is 14.4. The molecule has 26 heavy (non-hydrogen) atoms. The average molecular weight is 365 g/mol. The van der Waals surface area contributed by atoms with Gasteiger partial charge in [-0.3, -0.25) is 0 Å². The van der Waals surface area contributed by atoms with Gasteiger partial charge in [-0.15, -0.1) is 0 Å². The van der Waals surface area contributed by atoms with Gasteiger partial charge in [-0.2, -0.15) is 13.2 Å². The van der Waals surface area contributed by atoms with Crippen molar-refractivity contribution in [2.75, 3.05) is 0 Å². The fourth-order valence-electron chi connectivity index (χ4n) is 2.45. The summed E-state index contributed by atoms with van der Waals surface area (Å²) in [5.41, 5.74) is -0.338. The topological polar surface area (TPSA) is 60.2 Å². The first-order valence-corrected chi connectivity index (χ1v) is 7.96. The number of benzene rings is 1. The summed E-state index contributed by atoms with van der Waals surface area (Å²) in [6, 6.07) is 6.96. The first-order chi connectivity index (χ1) is 12.1. The number of halogens is 3. The molecule has 5 nitrogen and oxygen atoms in total. The van der Waals surface area contributed by atoms with Crippen molar-refractivity contribution in [1.82, 2.24) is 14.5 Å². The quantitative estimate of drug-likeness (QED) is 0.736. The van der Waals surface area contributed by atoms with E-state index in [2.05, 4.69) is 9.97 Å². The SMILES string of the molecule is CC(n1cnc2ccc(Oc3ccc(C(F)(F)F)cn3)cc21)C(C)(C)O. The summed E-state index contributed by atoms with van der Waals surface area (Å²) in [7, 11) is 0. The number of aliphatic hydroxyl groups is 1.